The standard InChI is InChI=1S/C17H18N4O2S/c22-15(10-13-12-8-4-5-9-14(12)23-21-13)18-17-20-19-16(24-17)11-6-2-1-3-7-11/h4-5,8-9,11H,1-3,6-7,10H2,(H,18,20,22). The number of para-hydroxylation sites is 1. The summed E-state index contributed by atoms with van der Waals surface area (Å²) in [4.78, 5) is 12.3. The maximum Gasteiger partial charge on any atom is 0.232 e. The van der Waals surface area contributed by atoms with Gasteiger partial charge >= 0.3 is 0 Å². The van der Waals surface area contributed by atoms with Crippen molar-refractivity contribution < 1.29 is 9.32 Å². The number of nitrogens with one attached hydrogen (secondary N) is 1. The zero-order chi connectivity index (χ0) is 16.4. The second-order valence-electron chi connectivity index (χ2n) is 6.13. The third kappa shape index (κ3) is 3.17. The van der Waals surface area contributed by atoms with Gasteiger partial charge in [-0.3, -0.25) is 4.79 Å². The highest BCUT2D eigenvalue weighted by molar-refractivity contribution is 7.15. The van der Waals surface area contributed by atoms with Crippen molar-refractivity contribution in [1.82, 2.24) is 15.4 Å². The minimum atomic E-state index is -0.152. The molecule has 2 aromatic heterocycles. The molecule has 7 heteroatoms. The van der Waals surface area contributed by atoms with Gasteiger partial charge in [-0.05, 0) is 25.0 Å². The van der Waals surface area contributed by atoms with Gasteiger partial charge in [0.15, 0.2) is 5.58 Å². The Morgan fingerprint density at radius 2 is 2.04 bits per heavy atom. The first-order valence-corrected chi connectivity index (χ1v) is 9.08. The number of carbonyl (C=O) groups is 1. The number of rotatable bonds is 4. The highest BCUT2D eigenvalue weighted by Gasteiger charge is 2.20. The van der Waals surface area contributed by atoms with Crippen LogP contribution < -0.4 is 5.32 Å². The van der Waals surface area contributed by atoms with E-state index in [-0.39, 0.29) is 12.3 Å². The summed E-state index contributed by atoms with van der Waals surface area (Å²) in [5, 5.41) is 17.7. The number of hydrogen-bond acceptors (Lipinski definition) is 6. The summed E-state index contributed by atoms with van der Waals surface area (Å²) in [6, 6.07) is 7.53. The Morgan fingerprint density at radius 1 is 1.21 bits per heavy atom. The van der Waals surface area contributed by atoms with Crippen LogP contribution in [0.15, 0.2) is 28.8 Å². The van der Waals surface area contributed by atoms with Crippen molar-refractivity contribution in [3.8, 4) is 0 Å². The van der Waals surface area contributed by atoms with Gasteiger partial charge in [-0.2, -0.15) is 0 Å². The molecule has 0 radical (unpaired) electrons. The van der Waals surface area contributed by atoms with Gasteiger partial charge < -0.3 is 9.84 Å². The molecule has 1 amide bonds. The lowest BCUT2D eigenvalue weighted by Crippen LogP contribution is -2.14. The van der Waals surface area contributed by atoms with Crippen LogP contribution in [0.25, 0.3) is 11.0 Å². The van der Waals surface area contributed by atoms with Gasteiger partial charge in [-0.1, -0.05) is 47.9 Å². The average molecular weight is 342 g/mol. The molecule has 0 spiro atoms. The molecule has 0 saturated heterocycles. The number of hydrogen-bond donors (Lipinski definition) is 1. The fourth-order valence-corrected chi connectivity index (χ4v) is 4.11. The van der Waals surface area contributed by atoms with Gasteiger partial charge in [0.05, 0.1) is 6.42 Å². The maximum absolute atomic E-state index is 12.3. The zero-order valence-corrected chi connectivity index (χ0v) is 14.0. The van der Waals surface area contributed by atoms with E-state index in [9.17, 15) is 4.79 Å². The zero-order valence-electron chi connectivity index (χ0n) is 13.2. The molecule has 0 unspecified atom stereocenters. The highest BCUT2D eigenvalue weighted by atomic mass is 32.1. The van der Waals surface area contributed by atoms with Crippen LogP contribution in [0.5, 0.6) is 0 Å². The van der Waals surface area contributed by atoms with Crippen LogP contribution in [0.2, 0.25) is 0 Å². The van der Waals surface area contributed by atoms with Crippen LogP contribution in [0.3, 0.4) is 0 Å². The first-order chi connectivity index (χ1) is 11.8. The molecule has 24 heavy (non-hydrogen) atoms. The van der Waals surface area contributed by atoms with Gasteiger partial charge in [-0.15, -0.1) is 10.2 Å². The summed E-state index contributed by atoms with van der Waals surface area (Å²) in [5.74, 6) is 0.349. The molecule has 2 heterocycles. The number of amides is 1. The predicted molar refractivity (Wildman–Crippen MR) is 92.1 cm³/mol. The van der Waals surface area contributed by atoms with Crippen molar-refractivity contribution in [3.63, 3.8) is 0 Å². The molecule has 1 fully saturated rings. The molecule has 0 atom stereocenters. The molecular weight excluding hydrogens is 324 g/mol. The normalized spacial score (nSPS) is 15.7. The lowest BCUT2D eigenvalue weighted by Gasteiger charge is -2.18. The van der Waals surface area contributed by atoms with E-state index in [1.165, 1.54) is 43.4 Å². The summed E-state index contributed by atoms with van der Waals surface area (Å²) in [7, 11) is 0. The molecule has 0 bridgehead atoms. The number of anilines is 1. The van der Waals surface area contributed by atoms with Gasteiger partial charge in [0.25, 0.3) is 0 Å². The maximum atomic E-state index is 12.3. The topological polar surface area (TPSA) is 80.9 Å². The number of fused-ring (bicyclic) bond motifs is 1. The lowest BCUT2D eigenvalue weighted by molar-refractivity contribution is -0.115. The van der Waals surface area contributed by atoms with E-state index in [4.69, 9.17) is 4.52 Å². The van der Waals surface area contributed by atoms with Gasteiger partial charge in [0.2, 0.25) is 11.0 Å². The molecule has 3 aromatic rings. The Labute approximate surface area is 143 Å². The lowest BCUT2D eigenvalue weighted by atomic mass is 9.90. The first-order valence-electron chi connectivity index (χ1n) is 8.26. The Kier molecular flexibility index (Phi) is 4.25. The van der Waals surface area contributed by atoms with Crippen LogP contribution >= 0.6 is 11.3 Å². The third-order valence-electron chi connectivity index (χ3n) is 4.42. The van der Waals surface area contributed by atoms with Crippen molar-refractivity contribution in [3.05, 3.63) is 35.0 Å². The van der Waals surface area contributed by atoms with Gasteiger partial charge in [-0.25, -0.2) is 0 Å². The van der Waals surface area contributed by atoms with Crippen LogP contribution in [0, 0.1) is 0 Å². The summed E-state index contributed by atoms with van der Waals surface area (Å²) < 4.78 is 5.23. The molecule has 4 rings (SSSR count). The molecular formula is C17H18N4O2S. The van der Waals surface area contributed by atoms with E-state index in [0.29, 0.717) is 22.3 Å². The largest absolute Gasteiger partial charge is 0.356 e. The molecule has 0 aliphatic heterocycles. The van der Waals surface area contributed by atoms with Crippen LogP contribution in [-0.4, -0.2) is 21.3 Å². The minimum Gasteiger partial charge on any atom is -0.356 e. The van der Waals surface area contributed by atoms with Crippen molar-refractivity contribution in [2.75, 3.05) is 5.32 Å². The molecule has 6 nitrogen and oxygen atoms in total. The Morgan fingerprint density at radius 3 is 2.92 bits per heavy atom. The van der Waals surface area contributed by atoms with Crippen molar-refractivity contribution >= 4 is 33.3 Å². The van der Waals surface area contributed by atoms with Crippen LogP contribution in [0.1, 0.15) is 48.7 Å². The van der Waals surface area contributed by atoms with Gasteiger partial charge in [0.1, 0.15) is 10.7 Å². The third-order valence-corrected chi connectivity index (χ3v) is 5.42. The summed E-state index contributed by atoms with van der Waals surface area (Å²) in [6.07, 6.45) is 6.33. The molecule has 1 saturated carbocycles. The monoisotopic (exact) mass is 342 g/mol. The molecule has 1 aliphatic rings. The predicted octanol–water partition coefficient (Wildman–Crippen LogP) is 3.91. The van der Waals surface area contributed by atoms with Crippen molar-refractivity contribution in [2.45, 2.75) is 44.4 Å². The SMILES string of the molecule is O=C(Cc1noc2ccccc12)Nc1nnc(C2CCCCC2)s1. The van der Waals surface area contributed by atoms with Crippen molar-refractivity contribution in [2.24, 2.45) is 0 Å². The number of benzene rings is 1. The molecule has 1 aromatic carbocycles. The Bertz CT molecular complexity index is 851. The fourth-order valence-electron chi connectivity index (χ4n) is 3.18. The summed E-state index contributed by atoms with van der Waals surface area (Å²) in [6.45, 7) is 0. The second kappa shape index (κ2) is 6.68. The second-order valence-corrected chi connectivity index (χ2v) is 7.14. The summed E-state index contributed by atoms with van der Waals surface area (Å²) in [5.41, 5.74) is 1.33. The minimum absolute atomic E-state index is 0.152. The smallest absolute Gasteiger partial charge is 0.232 e. The van der Waals surface area contributed by atoms with E-state index in [2.05, 4.69) is 20.7 Å². The fraction of sp³-hybridized carbons (Fsp3) is 0.412. The molecule has 1 N–H and O–H groups in total. The number of nitrogens with zero attached hydrogens (tertiary/aromatic N) is 3. The Hall–Kier alpha value is -2.28. The molecule has 1 aliphatic carbocycles. The van der Waals surface area contributed by atoms with Crippen LogP contribution in [-0.2, 0) is 11.2 Å². The van der Waals surface area contributed by atoms with Crippen LogP contribution in [0.4, 0.5) is 5.13 Å². The highest BCUT2D eigenvalue weighted by Crippen LogP contribution is 2.35. The first kappa shape index (κ1) is 15.3. The van der Waals surface area contributed by atoms with Crippen molar-refractivity contribution in [1.29, 1.82) is 0 Å². The summed E-state index contributed by atoms with van der Waals surface area (Å²) >= 11 is 1.49. The van der Waals surface area contributed by atoms with E-state index in [1.807, 2.05) is 24.3 Å². The molecule has 124 valence electrons. The van der Waals surface area contributed by atoms with E-state index in [0.717, 1.165) is 10.4 Å². The van der Waals surface area contributed by atoms with Gasteiger partial charge in [0, 0.05) is 11.3 Å². The van der Waals surface area contributed by atoms with E-state index >= 15 is 0 Å². The average Bonchev–Trinajstić information content (AvgIpc) is 3.23. The number of aromatic nitrogens is 3. The Balaban J connectivity index is 1.42. The number of carbonyl (C=O) groups excluding carboxylic acids is 1. The van der Waals surface area contributed by atoms with E-state index < -0.39 is 0 Å². The van der Waals surface area contributed by atoms with E-state index in [1.54, 1.807) is 0 Å². The quantitative estimate of drug-likeness (QED) is 0.777.